The van der Waals surface area contributed by atoms with E-state index in [2.05, 4.69) is 0 Å². The molecule has 0 radical (unpaired) electrons. The molecule has 0 unspecified atom stereocenters. The normalized spacial score (nSPS) is 5.45. The topological polar surface area (TPSA) is 278 Å². The van der Waals surface area contributed by atoms with Crippen LogP contribution >= 0.6 is 0 Å². The fourth-order valence-electron chi connectivity index (χ4n) is 0. The van der Waals surface area contributed by atoms with Crippen LogP contribution in [0.15, 0.2) is 0 Å². The van der Waals surface area contributed by atoms with E-state index in [-0.39, 0.29) is 32.9 Å². The Balaban J connectivity index is -0.00000000533. The highest BCUT2D eigenvalue weighted by Gasteiger charge is 1.98. The Kier molecular flexibility index (Phi) is 144. The molecule has 0 saturated carbocycles. The molecule has 0 saturated heterocycles. The molecule has 0 fully saturated rings. The van der Waals surface area contributed by atoms with Crippen molar-refractivity contribution in [3.05, 3.63) is 0 Å². The van der Waals surface area contributed by atoms with Crippen LogP contribution in [0.25, 0.3) is 0 Å². The van der Waals surface area contributed by atoms with Crippen molar-refractivity contribution in [2.45, 2.75) is 0 Å². The molecular formula is H13ClO10. The molecule has 0 spiro atoms. The summed E-state index contributed by atoms with van der Waals surface area (Å²) >= 11 is 0. The van der Waals surface area contributed by atoms with Crippen LogP contribution in [0.2, 0.25) is 0 Å². The van der Waals surface area contributed by atoms with Crippen molar-refractivity contribution in [2.24, 2.45) is 0 Å². The van der Waals surface area contributed by atoms with Gasteiger partial charge in [-0.2, -0.15) is 14.0 Å². The van der Waals surface area contributed by atoms with E-state index in [4.69, 9.17) is 18.6 Å². The fraction of sp³-hybridized carbons (Fsp3) is 0. The lowest BCUT2D eigenvalue weighted by Gasteiger charge is -2.03. The van der Waals surface area contributed by atoms with Gasteiger partial charge in [0.1, 0.15) is 0 Å². The maximum atomic E-state index is 8.60. The zero-order valence-corrected chi connectivity index (χ0v) is 5.81. The minimum atomic E-state index is -4.69. The van der Waals surface area contributed by atoms with Crippen LogP contribution in [-0.4, -0.2) is 37.5 Å². The third kappa shape index (κ3) is 50900. The summed E-state index contributed by atoms with van der Waals surface area (Å²) < 4.78 is 32.7. The van der Waals surface area contributed by atoms with Crippen LogP contribution in [-0.2, 0) is 0 Å². The molecule has 11 heteroatoms. The summed E-state index contributed by atoms with van der Waals surface area (Å²) in [6.07, 6.45) is 0. The van der Waals surface area contributed by atoms with Crippen LogP contribution in [0.1, 0.15) is 0 Å². The van der Waals surface area contributed by atoms with E-state index in [0.29, 0.717) is 0 Å². The van der Waals surface area contributed by atoms with Gasteiger partial charge in [0.25, 0.3) is 0 Å². The summed E-state index contributed by atoms with van der Waals surface area (Å²) in [6, 6.07) is 0. The van der Waals surface area contributed by atoms with Crippen LogP contribution < -0.4 is 14.0 Å². The summed E-state index contributed by atoms with van der Waals surface area (Å²) in [6.45, 7) is 0. The minimum Gasteiger partial charge on any atom is -0.412 e. The fourth-order valence-corrected chi connectivity index (χ4v) is 0. The molecule has 0 aromatic heterocycles. The smallest absolute Gasteiger partial charge is 0.0777 e. The van der Waals surface area contributed by atoms with E-state index in [9.17, 15) is 0 Å². The van der Waals surface area contributed by atoms with Crippen molar-refractivity contribution >= 4 is 0 Å². The van der Waals surface area contributed by atoms with Gasteiger partial charge >= 0.3 is 0 Å². The maximum absolute atomic E-state index is 8.60. The molecule has 0 aromatic rings. The summed E-state index contributed by atoms with van der Waals surface area (Å²) in [5.41, 5.74) is 0. The summed E-state index contributed by atoms with van der Waals surface area (Å²) in [7, 11) is -4.69. The predicted octanol–water partition coefficient (Wildman–Crippen LogP) is -9.07. The summed E-state index contributed by atoms with van der Waals surface area (Å²) in [4.78, 5) is 0. The van der Waals surface area contributed by atoms with Gasteiger partial charge < -0.3 is 32.9 Å². The summed E-state index contributed by atoms with van der Waals surface area (Å²) in [5.74, 6) is 0. The first-order valence-electron chi connectivity index (χ1n) is 0.632. The van der Waals surface area contributed by atoms with Gasteiger partial charge in [0.05, 0.1) is 14.9 Å². The van der Waals surface area contributed by atoms with Gasteiger partial charge in [-0.1, -0.05) is 0 Å². The number of hydrogen-bond donors (Lipinski definition) is 1. The van der Waals surface area contributed by atoms with Crippen molar-refractivity contribution in [1.29, 1.82) is 0 Å². The van der Waals surface area contributed by atoms with Crippen LogP contribution in [0.3, 0.4) is 0 Å². The minimum absolute atomic E-state index is 0. The second-order valence-corrected chi connectivity index (χ2v) is 1.19. The monoisotopic (exact) mass is 208 g/mol. The third-order valence-electron chi connectivity index (χ3n) is 0. The van der Waals surface area contributed by atoms with Crippen molar-refractivity contribution in [1.82, 2.24) is 0 Å². The molecule has 0 amide bonds. The van der Waals surface area contributed by atoms with Gasteiger partial charge in [0.15, 0.2) is 0 Å². The first-order chi connectivity index (χ1) is 2.00. The Morgan fingerprint density at radius 2 is 0.636 bits per heavy atom. The molecule has 11 heavy (non-hydrogen) atoms. The van der Waals surface area contributed by atoms with Crippen LogP contribution in [0.5, 0.6) is 0 Å². The van der Waals surface area contributed by atoms with Crippen LogP contribution in [0.4, 0.5) is 0 Å². The van der Waals surface area contributed by atoms with E-state index in [1.807, 2.05) is 0 Å². The molecule has 0 aromatic carbocycles. The van der Waals surface area contributed by atoms with E-state index >= 15 is 0 Å². The number of rotatable bonds is 0. The highest BCUT2D eigenvalue weighted by molar-refractivity contribution is 2.15. The van der Waals surface area contributed by atoms with Gasteiger partial charge in [0, 0.05) is 0 Å². The largest absolute Gasteiger partial charge is 0.412 e. The Hall–Kier alpha value is -0.110. The molecule has 80 valence electrons. The zero-order valence-electron chi connectivity index (χ0n) is 5.05. The van der Waals surface area contributed by atoms with Crippen molar-refractivity contribution in [2.75, 3.05) is 0 Å². The van der Waals surface area contributed by atoms with E-state index in [1.54, 1.807) is 0 Å². The number of hydrogen-bond acceptors (Lipinski definition) is 4. The zero-order chi connectivity index (χ0) is 4.50. The molecule has 0 atom stereocenters. The Morgan fingerprint density at radius 1 is 0.636 bits per heavy atom. The highest BCUT2D eigenvalue weighted by Crippen LogP contribution is 1.60. The van der Waals surface area contributed by atoms with E-state index in [0.717, 1.165) is 0 Å². The lowest BCUT2D eigenvalue weighted by molar-refractivity contribution is -1.92. The molecule has 0 aliphatic carbocycles. The molecule has 0 aliphatic rings. The van der Waals surface area contributed by atoms with Gasteiger partial charge in [-0.05, 0) is 0 Å². The highest BCUT2D eigenvalue weighted by atomic mass is 35.7. The summed E-state index contributed by atoms with van der Waals surface area (Å²) in [5, 5.41) is 0. The lowest BCUT2D eigenvalue weighted by atomic mass is 15.8. The predicted molar refractivity (Wildman–Crippen MR) is 23.9 cm³/mol. The van der Waals surface area contributed by atoms with Crippen molar-refractivity contribution < 1.29 is 61.7 Å². The van der Waals surface area contributed by atoms with Gasteiger partial charge in [-0.25, -0.2) is 0 Å². The molecule has 13 N–H and O–H groups in total. The van der Waals surface area contributed by atoms with E-state index < -0.39 is 10.2 Å². The SMILES string of the molecule is O.O.O.O.O.O.[O-][Cl+3]([O-])([O-])O. The van der Waals surface area contributed by atoms with Gasteiger partial charge in [-0.15, -0.1) is 0 Å². The first-order valence-corrected chi connectivity index (χ1v) is 1.90. The Bertz CT molecular complexity index is 20.3. The Labute approximate surface area is 62.9 Å². The maximum Gasteiger partial charge on any atom is 0.0777 e. The molecule has 0 aliphatic heterocycles. The number of halogens is 1. The van der Waals surface area contributed by atoms with Gasteiger partial charge in [-0.3, -0.25) is 0 Å². The van der Waals surface area contributed by atoms with E-state index in [1.165, 1.54) is 0 Å². The van der Waals surface area contributed by atoms with Crippen molar-refractivity contribution in [3.8, 4) is 0 Å². The first kappa shape index (κ1) is 70.4. The Morgan fingerprint density at radius 3 is 0.636 bits per heavy atom. The molecule has 0 rings (SSSR count). The molecular weight excluding hydrogens is 195 g/mol. The standard InChI is InChI=1S/ClHO4.6H2O/c2-1(3,4)5;;;;;;/h(H,2,3,4,5);6*1H2. The van der Waals surface area contributed by atoms with Crippen LogP contribution in [0, 0.1) is 10.2 Å². The van der Waals surface area contributed by atoms with Gasteiger partial charge in [0.2, 0.25) is 0 Å². The van der Waals surface area contributed by atoms with Crippen molar-refractivity contribution in [3.63, 3.8) is 0 Å². The average Bonchev–Trinajstić information content (AvgIpc) is 0.722. The second-order valence-electron chi connectivity index (χ2n) is 0.396. The molecule has 0 heterocycles. The third-order valence-corrected chi connectivity index (χ3v) is 0. The molecule has 10 nitrogen and oxygen atoms in total. The second kappa shape index (κ2) is 22.5. The average molecular weight is 209 g/mol. The quantitative estimate of drug-likeness (QED) is 0.405. The molecule has 0 bridgehead atoms. The lowest BCUT2D eigenvalue weighted by Crippen LogP contribution is -2.58.